The monoisotopic (exact) mass is 787 g/mol. The number of fused-ring (bicyclic) bond motifs is 7. The molecular weight excluding hydrogens is 747 g/mol. The molecule has 0 unspecified atom stereocenters. The molecule has 9 aromatic carbocycles. The smallest absolute Gasteiger partial charge is 0.270 e. The Kier molecular flexibility index (Phi) is 8.29. The Morgan fingerprint density at radius 3 is 1.74 bits per heavy atom. The van der Waals surface area contributed by atoms with Crippen LogP contribution in [0.5, 0.6) is 0 Å². The van der Waals surface area contributed by atoms with E-state index in [2.05, 4.69) is 200 Å². The van der Waals surface area contributed by atoms with Crippen LogP contribution in [0.3, 0.4) is 0 Å². The van der Waals surface area contributed by atoms with E-state index < -0.39 is 0 Å². The van der Waals surface area contributed by atoms with Gasteiger partial charge in [-0.2, -0.15) is 0 Å². The molecule has 0 saturated heterocycles. The number of aryl methyl sites for hydroxylation is 1. The summed E-state index contributed by atoms with van der Waals surface area (Å²) in [4.78, 5) is 14.0. The minimum Gasteiger partial charge on any atom is -0.311 e. The van der Waals surface area contributed by atoms with Crippen LogP contribution in [-0.4, -0.2) is 9.49 Å². The third-order valence-electron chi connectivity index (χ3n) is 12.8. The Labute approximate surface area is 354 Å². The van der Waals surface area contributed by atoms with E-state index in [4.69, 9.17) is 0 Å². The number of rotatable bonds is 7. The molecule has 61 heavy (non-hydrogen) atoms. The predicted octanol–water partition coefficient (Wildman–Crippen LogP) is 15.3. The lowest BCUT2D eigenvalue weighted by atomic mass is 9.81. The van der Waals surface area contributed by atoms with Crippen LogP contribution in [0.4, 0.5) is 22.7 Å². The highest BCUT2D eigenvalue weighted by molar-refractivity contribution is 6.12. The van der Waals surface area contributed by atoms with E-state index in [0.29, 0.717) is 0 Å². The molecule has 0 amide bonds. The third kappa shape index (κ3) is 5.92. The minimum absolute atomic E-state index is 0.0564. The van der Waals surface area contributed by atoms with Crippen molar-refractivity contribution < 1.29 is 4.92 Å². The van der Waals surface area contributed by atoms with E-state index in [-0.39, 0.29) is 16.0 Å². The topological polar surface area (TPSA) is 51.3 Å². The Bertz CT molecular complexity index is 3350. The zero-order valence-electron chi connectivity index (χ0n) is 34.1. The van der Waals surface area contributed by atoms with Crippen molar-refractivity contribution in [3.8, 4) is 39.1 Å². The molecule has 0 N–H and O–H groups in total. The van der Waals surface area contributed by atoms with Crippen LogP contribution in [0.1, 0.15) is 30.5 Å². The van der Waals surface area contributed by atoms with Crippen molar-refractivity contribution in [3.05, 3.63) is 221 Å². The van der Waals surface area contributed by atoms with Crippen LogP contribution < -0.4 is 4.90 Å². The molecule has 1 aromatic heterocycles. The lowest BCUT2D eigenvalue weighted by molar-refractivity contribution is -0.384. The number of nitro groups is 1. The highest BCUT2D eigenvalue weighted by Gasteiger charge is 2.35. The van der Waals surface area contributed by atoms with Gasteiger partial charge in [-0.15, -0.1) is 0 Å². The summed E-state index contributed by atoms with van der Waals surface area (Å²) in [6, 6.07) is 68.3. The number of non-ortho nitro benzene ring substituents is 1. The van der Waals surface area contributed by atoms with Crippen molar-refractivity contribution in [2.24, 2.45) is 0 Å². The zero-order valence-corrected chi connectivity index (χ0v) is 34.1. The lowest BCUT2D eigenvalue weighted by Gasteiger charge is -2.26. The van der Waals surface area contributed by atoms with Gasteiger partial charge in [-0.25, -0.2) is 0 Å². The van der Waals surface area contributed by atoms with Crippen LogP contribution in [0, 0.1) is 17.0 Å². The average Bonchev–Trinajstić information content (AvgIpc) is 3.74. The number of nitro benzene ring substituents is 1. The molecule has 0 atom stereocenters. The van der Waals surface area contributed by atoms with Crippen molar-refractivity contribution in [2.45, 2.75) is 26.2 Å². The largest absolute Gasteiger partial charge is 0.311 e. The standard InChI is InChI=1S/C56H41N3O2/c1-36-15-23-42(24-16-36)57(44-27-19-38(20-28-44)41-21-30-48-47-12-6-7-13-51(47)56(2,3)52(48)34-41)43-25-17-37(18-26-43)40-22-31-54-49(33-40)50-35-45(59(60)61)29-32-55(50)58(54)53-14-8-10-39-9-4-5-11-46(39)53/h4-35H,1-3H3. The van der Waals surface area contributed by atoms with Crippen molar-refractivity contribution >= 4 is 55.3 Å². The van der Waals surface area contributed by atoms with Gasteiger partial charge in [0.05, 0.1) is 21.6 Å². The molecule has 11 rings (SSSR count). The molecule has 0 aliphatic heterocycles. The van der Waals surface area contributed by atoms with E-state index in [1.54, 1.807) is 12.1 Å². The maximum Gasteiger partial charge on any atom is 0.270 e. The number of hydrogen-bond acceptors (Lipinski definition) is 3. The zero-order chi connectivity index (χ0) is 41.4. The highest BCUT2D eigenvalue weighted by Crippen LogP contribution is 2.50. The summed E-state index contributed by atoms with van der Waals surface area (Å²) in [6.07, 6.45) is 0. The fourth-order valence-electron chi connectivity index (χ4n) is 9.60. The molecule has 0 bridgehead atoms. The summed E-state index contributed by atoms with van der Waals surface area (Å²) in [6.45, 7) is 6.77. The maximum absolute atomic E-state index is 12.0. The fourth-order valence-corrected chi connectivity index (χ4v) is 9.60. The molecule has 1 aliphatic carbocycles. The van der Waals surface area contributed by atoms with Gasteiger partial charge in [-0.1, -0.05) is 135 Å². The number of anilines is 3. The molecular formula is C56H41N3O2. The summed E-state index contributed by atoms with van der Waals surface area (Å²) >= 11 is 0. The first kappa shape index (κ1) is 36.3. The second kappa shape index (κ2) is 13.9. The molecule has 1 heterocycles. The summed E-state index contributed by atoms with van der Waals surface area (Å²) < 4.78 is 2.23. The van der Waals surface area contributed by atoms with E-state index in [1.807, 2.05) is 12.1 Å². The van der Waals surface area contributed by atoms with Gasteiger partial charge in [-0.05, 0) is 124 Å². The van der Waals surface area contributed by atoms with E-state index in [9.17, 15) is 10.1 Å². The van der Waals surface area contributed by atoms with Crippen molar-refractivity contribution in [1.82, 2.24) is 4.57 Å². The Morgan fingerprint density at radius 2 is 1.03 bits per heavy atom. The number of hydrogen-bond donors (Lipinski definition) is 0. The first-order chi connectivity index (χ1) is 29.7. The Hall–Kier alpha value is -7.76. The van der Waals surface area contributed by atoms with Gasteiger partial charge in [0.2, 0.25) is 0 Å². The molecule has 0 radical (unpaired) electrons. The summed E-state index contributed by atoms with van der Waals surface area (Å²) in [5.41, 5.74) is 17.3. The van der Waals surface area contributed by atoms with E-state index >= 15 is 0 Å². The maximum atomic E-state index is 12.0. The fraction of sp³-hybridized carbons (Fsp3) is 0.0714. The van der Waals surface area contributed by atoms with Gasteiger partial charge in [0.25, 0.3) is 5.69 Å². The van der Waals surface area contributed by atoms with Crippen LogP contribution in [-0.2, 0) is 5.41 Å². The quantitative estimate of drug-likeness (QED) is 0.119. The normalized spacial score (nSPS) is 12.8. The van der Waals surface area contributed by atoms with Crippen molar-refractivity contribution in [1.29, 1.82) is 0 Å². The van der Waals surface area contributed by atoms with Gasteiger partial charge in [-0.3, -0.25) is 10.1 Å². The predicted molar refractivity (Wildman–Crippen MR) is 253 cm³/mol. The SMILES string of the molecule is Cc1ccc(N(c2ccc(-c3ccc4c(c3)C(C)(C)c3ccccc3-4)cc2)c2ccc(-c3ccc4c(c3)c3cc([N+](=O)[O-])ccc3n4-c3cccc4ccccc34)cc2)cc1. The number of nitrogens with zero attached hydrogens (tertiary/aromatic N) is 3. The first-order valence-corrected chi connectivity index (χ1v) is 20.8. The molecule has 5 nitrogen and oxygen atoms in total. The van der Waals surface area contributed by atoms with Gasteiger partial charge in [0.1, 0.15) is 0 Å². The molecule has 0 fully saturated rings. The molecule has 292 valence electrons. The Morgan fingerprint density at radius 1 is 0.492 bits per heavy atom. The molecule has 1 aliphatic rings. The van der Waals surface area contributed by atoms with Crippen LogP contribution in [0.2, 0.25) is 0 Å². The van der Waals surface area contributed by atoms with Crippen molar-refractivity contribution in [2.75, 3.05) is 4.90 Å². The van der Waals surface area contributed by atoms with Gasteiger partial charge >= 0.3 is 0 Å². The number of benzene rings is 9. The summed E-state index contributed by atoms with van der Waals surface area (Å²) in [7, 11) is 0. The van der Waals surface area contributed by atoms with Crippen LogP contribution in [0.15, 0.2) is 194 Å². The molecule has 10 aromatic rings. The highest BCUT2D eigenvalue weighted by atomic mass is 16.6. The lowest BCUT2D eigenvalue weighted by Crippen LogP contribution is -2.14. The molecule has 0 saturated carbocycles. The van der Waals surface area contributed by atoms with Crippen LogP contribution >= 0.6 is 0 Å². The van der Waals surface area contributed by atoms with E-state index in [0.717, 1.165) is 66.5 Å². The van der Waals surface area contributed by atoms with Gasteiger partial charge < -0.3 is 9.47 Å². The molecule has 5 heteroatoms. The second-order valence-electron chi connectivity index (χ2n) is 16.7. The summed E-state index contributed by atoms with van der Waals surface area (Å²) in [5, 5.41) is 16.1. The van der Waals surface area contributed by atoms with Crippen LogP contribution in [0.25, 0.3) is 71.6 Å². The summed E-state index contributed by atoms with van der Waals surface area (Å²) in [5.74, 6) is 0. The Balaban J connectivity index is 0.967. The van der Waals surface area contributed by atoms with Crippen molar-refractivity contribution in [3.63, 3.8) is 0 Å². The second-order valence-corrected chi connectivity index (χ2v) is 16.7. The van der Waals surface area contributed by atoms with Gasteiger partial charge in [0, 0.05) is 50.8 Å². The average molecular weight is 788 g/mol. The van der Waals surface area contributed by atoms with E-state index in [1.165, 1.54) is 38.9 Å². The third-order valence-corrected chi connectivity index (χ3v) is 12.8. The molecule has 0 spiro atoms. The van der Waals surface area contributed by atoms with Gasteiger partial charge in [0.15, 0.2) is 0 Å². The minimum atomic E-state index is -0.316. The first-order valence-electron chi connectivity index (χ1n) is 20.8. The number of aromatic nitrogens is 1.